The first kappa shape index (κ1) is 12.0. The molecule has 0 aromatic carbocycles. The van der Waals surface area contributed by atoms with Gasteiger partial charge in [0.25, 0.3) is 0 Å². The lowest BCUT2D eigenvalue weighted by molar-refractivity contribution is 0.104. The monoisotopic (exact) mass is 236 g/mol. The highest BCUT2D eigenvalue weighted by Crippen LogP contribution is 2.61. The molecule has 1 heterocycles. The van der Waals surface area contributed by atoms with Gasteiger partial charge in [0.1, 0.15) is 0 Å². The zero-order valence-electron chi connectivity index (χ0n) is 11.5. The van der Waals surface area contributed by atoms with Crippen LogP contribution in [0.15, 0.2) is 0 Å². The molecule has 0 radical (unpaired) electrons. The van der Waals surface area contributed by atoms with Crippen molar-refractivity contribution in [1.82, 2.24) is 10.2 Å². The van der Waals surface area contributed by atoms with Crippen molar-refractivity contribution in [2.45, 2.75) is 64.5 Å². The van der Waals surface area contributed by atoms with Gasteiger partial charge in [-0.15, -0.1) is 0 Å². The van der Waals surface area contributed by atoms with E-state index in [1.165, 1.54) is 58.2 Å². The molecule has 0 bridgehead atoms. The van der Waals surface area contributed by atoms with E-state index in [1.807, 2.05) is 0 Å². The second kappa shape index (κ2) is 4.55. The van der Waals surface area contributed by atoms with E-state index in [0.717, 1.165) is 23.4 Å². The number of nitrogens with one attached hydrogen (secondary N) is 1. The highest BCUT2D eigenvalue weighted by atomic mass is 15.2. The van der Waals surface area contributed by atoms with E-state index in [1.54, 1.807) is 0 Å². The van der Waals surface area contributed by atoms with Gasteiger partial charge in [-0.3, -0.25) is 4.90 Å². The zero-order valence-corrected chi connectivity index (χ0v) is 11.5. The summed E-state index contributed by atoms with van der Waals surface area (Å²) in [5.41, 5.74) is 0.780. The van der Waals surface area contributed by atoms with Gasteiger partial charge in [-0.2, -0.15) is 0 Å². The van der Waals surface area contributed by atoms with E-state index in [4.69, 9.17) is 0 Å². The predicted octanol–water partition coefficient (Wildman–Crippen LogP) is 2.64. The summed E-state index contributed by atoms with van der Waals surface area (Å²) >= 11 is 0. The fourth-order valence-corrected chi connectivity index (χ4v) is 3.71. The van der Waals surface area contributed by atoms with Crippen LogP contribution in [0.2, 0.25) is 0 Å². The van der Waals surface area contributed by atoms with Crippen molar-refractivity contribution in [3.63, 3.8) is 0 Å². The highest BCUT2D eigenvalue weighted by molar-refractivity contribution is 5.06. The van der Waals surface area contributed by atoms with Gasteiger partial charge in [0.2, 0.25) is 0 Å². The Morgan fingerprint density at radius 1 is 1.29 bits per heavy atom. The molecular formula is C15H28N2. The molecule has 3 rings (SSSR count). The minimum atomic E-state index is 0.749. The van der Waals surface area contributed by atoms with Gasteiger partial charge in [-0.25, -0.2) is 0 Å². The van der Waals surface area contributed by atoms with E-state index in [2.05, 4.69) is 24.1 Å². The summed E-state index contributed by atoms with van der Waals surface area (Å²) in [5, 5.41) is 3.71. The first-order valence-electron chi connectivity index (χ1n) is 7.71. The van der Waals surface area contributed by atoms with Crippen molar-refractivity contribution in [2.24, 2.45) is 11.3 Å². The third kappa shape index (κ3) is 2.53. The molecule has 98 valence electrons. The maximum atomic E-state index is 3.71. The first-order valence-corrected chi connectivity index (χ1v) is 7.71. The second-order valence-corrected chi connectivity index (χ2v) is 6.81. The molecule has 0 amide bonds. The van der Waals surface area contributed by atoms with Crippen molar-refractivity contribution >= 4 is 0 Å². The molecule has 1 N–H and O–H groups in total. The molecule has 2 nitrogen and oxygen atoms in total. The van der Waals surface area contributed by atoms with Crippen LogP contribution >= 0.6 is 0 Å². The van der Waals surface area contributed by atoms with E-state index in [0.29, 0.717) is 0 Å². The van der Waals surface area contributed by atoms with E-state index in [-0.39, 0.29) is 0 Å². The number of hydrogen-bond donors (Lipinski definition) is 1. The summed E-state index contributed by atoms with van der Waals surface area (Å²) in [4.78, 5) is 2.79. The molecule has 3 fully saturated rings. The Kier molecular flexibility index (Phi) is 3.20. The van der Waals surface area contributed by atoms with Crippen LogP contribution in [-0.4, -0.2) is 36.6 Å². The summed E-state index contributed by atoms with van der Waals surface area (Å²) in [5.74, 6) is 1.11. The maximum absolute atomic E-state index is 3.71. The minimum Gasteiger partial charge on any atom is -0.311 e. The molecular weight excluding hydrogens is 208 g/mol. The van der Waals surface area contributed by atoms with Crippen LogP contribution in [0.1, 0.15) is 52.4 Å². The number of nitrogens with zero attached hydrogens (tertiary/aromatic N) is 1. The lowest BCUT2D eigenvalue weighted by Gasteiger charge is -2.41. The number of hydrogen-bond acceptors (Lipinski definition) is 2. The lowest BCUT2D eigenvalue weighted by atomic mass is 9.97. The maximum Gasteiger partial charge on any atom is 0.0195 e. The van der Waals surface area contributed by atoms with Gasteiger partial charge in [-0.1, -0.05) is 13.3 Å². The Bertz CT molecular complexity index is 268. The Labute approximate surface area is 106 Å². The highest BCUT2D eigenvalue weighted by Gasteiger charge is 2.54. The molecule has 17 heavy (non-hydrogen) atoms. The summed E-state index contributed by atoms with van der Waals surface area (Å²) in [6.07, 6.45) is 8.75. The quantitative estimate of drug-likeness (QED) is 0.789. The molecule has 0 aromatic heterocycles. The Morgan fingerprint density at radius 2 is 2.06 bits per heavy atom. The summed E-state index contributed by atoms with van der Waals surface area (Å²) in [7, 11) is 0. The molecule has 2 saturated carbocycles. The van der Waals surface area contributed by atoms with Gasteiger partial charge in [0, 0.05) is 31.7 Å². The number of piperazine rings is 1. The van der Waals surface area contributed by atoms with Gasteiger partial charge in [0.05, 0.1) is 0 Å². The Hall–Kier alpha value is -0.0800. The molecule has 2 unspecified atom stereocenters. The fourth-order valence-electron chi connectivity index (χ4n) is 3.71. The van der Waals surface area contributed by atoms with Crippen LogP contribution in [0.4, 0.5) is 0 Å². The molecule has 2 atom stereocenters. The summed E-state index contributed by atoms with van der Waals surface area (Å²) in [6.45, 7) is 8.60. The van der Waals surface area contributed by atoms with Crippen LogP contribution in [0.25, 0.3) is 0 Å². The van der Waals surface area contributed by atoms with Crippen molar-refractivity contribution in [2.75, 3.05) is 19.6 Å². The van der Waals surface area contributed by atoms with Crippen LogP contribution < -0.4 is 5.32 Å². The fraction of sp³-hybridized carbons (Fsp3) is 1.00. The standard InChI is InChI=1S/C15H28N2/c1-3-4-14-10-17(12(2)9-16-14)11-15(7-8-15)13-5-6-13/h12-14,16H,3-11H2,1-2H3. The van der Waals surface area contributed by atoms with Gasteiger partial charge < -0.3 is 5.32 Å². The minimum absolute atomic E-state index is 0.749. The zero-order chi connectivity index (χ0) is 11.9. The van der Waals surface area contributed by atoms with Crippen molar-refractivity contribution in [3.8, 4) is 0 Å². The number of rotatable bonds is 5. The Balaban J connectivity index is 1.56. The van der Waals surface area contributed by atoms with Crippen molar-refractivity contribution in [3.05, 3.63) is 0 Å². The second-order valence-electron chi connectivity index (χ2n) is 6.81. The molecule has 1 saturated heterocycles. The topological polar surface area (TPSA) is 15.3 Å². The average Bonchev–Trinajstić information content (AvgIpc) is 3.13. The Morgan fingerprint density at radius 3 is 2.65 bits per heavy atom. The van der Waals surface area contributed by atoms with E-state index in [9.17, 15) is 0 Å². The van der Waals surface area contributed by atoms with Crippen LogP contribution in [0, 0.1) is 11.3 Å². The van der Waals surface area contributed by atoms with E-state index >= 15 is 0 Å². The molecule has 0 aromatic rings. The molecule has 0 spiro atoms. The van der Waals surface area contributed by atoms with E-state index < -0.39 is 0 Å². The molecule has 1 aliphatic heterocycles. The molecule has 2 heteroatoms. The summed E-state index contributed by atoms with van der Waals surface area (Å²) < 4.78 is 0. The third-order valence-electron chi connectivity index (χ3n) is 5.27. The van der Waals surface area contributed by atoms with Crippen molar-refractivity contribution < 1.29 is 0 Å². The average molecular weight is 236 g/mol. The van der Waals surface area contributed by atoms with Gasteiger partial charge in [0.15, 0.2) is 0 Å². The van der Waals surface area contributed by atoms with Crippen LogP contribution in [-0.2, 0) is 0 Å². The normalized spacial score (nSPS) is 37.1. The first-order chi connectivity index (χ1) is 8.23. The largest absolute Gasteiger partial charge is 0.311 e. The molecule has 3 aliphatic rings. The lowest BCUT2D eigenvalue weighted by Crippen LogP contribution is -2.56. The molecule has 2 aliphatic carbocycles. The predicted molar refractivity (Wildman–Crippen MR) is 72.1 cm³/mol. The SMILES string of the molecule is CCCC1CN(CC2(C3CC3)CC2)C(C)CN1. The van der Waals surface area contributed by atoms with Crippen molar-refractivity contribution in [1.29, 1.82) is 0 Å². The van der Waals surface area contributed by atoms with Gasteiger partial charge >= 0.3 is 0 Å². The smallest absolute Gasteiger partial charge is 0.0195 e. The third-order valence-corrected chi connectivity index (χ3v) is 5.27. The van der Waals surface area contributed by atoms with Crippen LogP contribution in [0.3, 0.4) is 0 Å². The van der Waals surface area contributed by atoms with Gasteiger partial charge in [-0.05, 0) is 50.4 Å². The van der Waals surface area contributed by atoms with Crippen LogP contribution in [0.5, 0.6) is 0 Å². The summed E-state index contributed by atoms with van der Waals surface area (Å²) in [6, 6.07) is 1.51.